The first-order chi connectivity index (χ1) is 8.08. The Balaban J connectivity index is 2.37. The Bertz CT molecular complexity index is 554. The molecule has 1 N–H and O–H groups in total. The van der Waals surface area contributed by atoms with Crippen LogP contribution >= 0.6 is 0 Å². The second-order valence-corrected chi connectivity index (χ2v) is 3.58. The number of ketones is 1. The van der Waals surface area contributed by atoms with E-state index < -0.39 is 5.97 Å². The number of hydrogen-bond donors (Lipinski definition) is 1. The number of aromatic carboxylic acids is 1. The lowest BCUT2D eigenvalue weighted by molar-refractivity contribution is 0.0685. The zero-order chi connectivity index (χ0) is 12.4. The number of carboxylic acids is 1. The maximum atomic E-state index is 11.2. The molecule has 0 aliphatic heterocycles. The Morgan fingerprint density at radius 1 is 1.53 bits per heavy atom. The lowest BCUT2D eigenvalue weighted by Crippen LogP contribution is -2.07. The van der Waals surface area contributed by atoms with Gasteiger partial charge in [0.2, 0.25) is 0 Å². The molecule has 2 aromatic rings. The first kappa shape index (κ1) is 11.1. The SMILES string of the molecule is CC(=O)c1cc(C(=O)O)n(Cc2ccno2)c1. The van der Waals surface area contributed by atoms with E-state index in [4.69, 9.17) is 9.63 Å². The number of rotatable bonds is 4. The first-order valence-electron chi connectivity index (χ1n) is 4.92. The summed E-state index contributed by atoms with van der Waals surface area (Å²) in [5, 5.41) is 12.5. The molecule has 0 atom stereocenters. The van der Waals surface area contributed by atoms with E-state index in [-0.39, 0.29) is 18.0 Å². The van der Waals surface area contributed by atoms with Gasteiger partial charge in [0.25, 0.3) is 0 Å². The third kappa shape index (κ3) is 2.25. The molecule has 0 aliphatic carbocycles. The topological polar surface area (TPSA) is 85.3 Å². The number of aromatic nitrogens is 2. The predicted octanol–water partition coefficient (Wildman–Crippen LogP) is 1.43. The number of hydrogen-bond acceptors (Lipinski definition) is 4. The van der Waals surface area contributed by atoms with Gasteiger partial charge in [-0.1, -0.05) is 5.16 Å². The van der Waals surface area contributed by atoms with Gasteiger partial charge < -0.3 is 14.2 Å². The van der Waals surface area contributed by atoms with Gasteiger partial charge in [-0.25, -0.2) is 4.79 Å². The normalized spacial score (nSPS) is 10.4. The van der Waals surface area contributed by atoms with Crippen LogP contribution in [0, 0.1) is 0 Å². The number of Topliss-reactive ketones (excluding diaryl/α,β-unsaturated/α-hetero) is 1. The monoisotopic (exact) mass is 234 g/mol. The summed E-state index contributed by atoms with van der Waals surface area (Å²) in [5.74, 6) is -0.737. The van der Waals surface area contributed by atoms with Gasteiger partial charge in [-0.2, -0.15) is 0 Å². The van der Waals surface area contributed by atoms with E-state index in [1.54, 1.807) is 6.07 Å². The Labute approximate surface area is 96.5 Å². The molecule has 0 amide bonds. The van der Waals surface area contributed by atoms with Crippen LogP contribution < -0.4 is 0 Å². The van der Waals surface area contributed by atoms with Gasteiger partial charge >= 0.3 is 5.97 Å². The van der Waals surface area contributed by atoms with Gasteiger partial charge in [0.1, 0.15) is 5.69 Å². The molecular weight excluding hydrogens is 224 g/mol. The highest BCUT2D eigenvalue weighted by Gasteiger charge is 2.15. The molecule has 6 nitrogen and oxygen atoms in total. The van der Waals surface area contributed by atoms with Gasteiger partial charge in [-0.15, -0.1) is 0 Å². The molecule has 0 unspecified atom stereocenters. The molecule has 17 heavy (non-hydrogen) atoms. The highest BCUT2D eigenvalue weighted by molar-refractivity contribution is 5.97. The van der Waals surface area contributed by atoms with E-state index in [2.05, 4.69) is 5.16 Å². The Morgan fingerprint density at radius 2 is 2.29 bits per heavy atom. The fourth-order valence-corrected chi connectivity index (χ4v) is 1.50. The summed E-state index contributed by atoms with van der Waals surface area (Å²) in [5.41, 5.74) is 0.411. The average Bonchev–Trinajstić information content (AvgIpc) is 2.87. The van der Waals surface area contributed by atoms with Crippen LogP contribution in [-0.4, -0.2) is 26.6 Å². The van der Waals surface area contributed by atoms with E-state index in [0.29, 0.717) is 11.3 Å². The molecule has 2 rings (SSSR count). The maximum absolute atomic E-state index is 11.2. The molecule has 0 fully saturated rings. The van der Waals surface area contributed by atoms with Gasteiger partial charge in [-0.05, 0) is 13.0 Å². The third-order valence-electron chi connectivity index (χ3n) is 2.34. The van der Waals surface area contributed by atoms with E-state index in [1.807, 2.05) is 0 Å². The predicted molar refractivity (Wildman–Crippen MR) is 57.0 cm³/mol. The van der Waals surface area contributed by atoms with Crippen molar-refractivity contribution in [2.24, 2.45) is 0 Å². The van der Waals surface area contributed by atoms with Crippen LogP contribution in [0.3, 0.4) is 0 Å². The van der Waals surface area contributed by atoms with Crippen LogP contribution in [0.1, 0.15) is 33.5 Å². The third-order valence-corrected chi connectivity index (χ3v) is 2.34. The van der Waals surface area contributed by atoms with Crippen LogP contribution in [0.5, 0.6) is 0 Å². The van der Waals surface area contributed by atoms with Crippen LogP contribution in [-0.2, 0) is 6.54 Å². The minimum Gasteiger partial charge on any atom is -0.477 e. The van der Waals surface area contributed by atoms with Crippen molar-refractivity contribution in [2.75, 3.05) is 0 Å². The van der Waals surface area contributed by atoms with Gasteiger partial charge in [0.05, 0.1) is 12.7 Å². The largest absolute Gasteiger partial charge is 0.477 e. The van der Waals surface area contributed by atoms with Crippen LogP contribution in [0.4, 0.5) is 0 Å². The highest BCUT2D eigenvalue weighted by atomic mass is 16.5. The zero-order valence-corrected chi connectivity index (χ0v) is 9.08. The molecular formula is C11H10N2O4. The molecule has 0 aromatic carbocycles. The van der Waals surface area contributed by atoms with Crippen molar-refractivity contribution < 1.29 is 19.2 Å². The average molecular weight is 234 g/mol. The summed E-state index contributed by atoms with van der Waals surface area (Å²) in [6.45, 7) is 1.62. The fraction of sp³-hybridized carbons (Fsp3) is 0.182. The highest BCUT2D eigenvalue weighted by Crippen LogP contribution is 2.12. The van der Waals surface area contributed by atoms with Crippen molar-refractivity contribution in [3.8, 4) is 0 Å². The van der Waals surface area contributed by atoms with Crippen molar-refractivity contribution in [3.05, 3.63) is 41.5 Å². The molecule has 0 saturated heterocycles. The van der Waals surface area contributed by atoms with E-state index in [1.165, 1.54) is 30.0 Å². The minimum atomic E-state index is -1.09. The number of carbonyl (C=O) groups is 2. The molecule has 0 spiro atoms. The molecule has 6 heteroatoms. The van der Waals surface area contributed by atoms with E-state index in [9.17, 15) is 9.59 Å². The number of carboxylic acid groups (broad SMARTS) is 1. The lowest BCUT2D eigenvalue weighted by Gasteiger charge is -2.01. The summed E-state index contributed by atoms with van der Waals surface area (Å²) >= 11 is 0. The summed E-state index contributed by atoms with van der Waals surface area (Å²) < 4.78 is 6.34. The molecule has 2 aromatic heterocycles. The van der Waals surface area contributed by atoms with Crippen LogP contribution in [0.15, 0.2) is 29.0 Å². The molecule has 0 radical (unpaired) electrons. The second-order valence-electron chi connectivity index (χ2n) is 3.58. The van der Waals surface area contributed by atoms with Crippen molar-refractivity contribution in [3.63, 3.8) is 0 Å². The van der Waals surface area contributed by atoms with Gasteiger partial charge in [-0.3, -0.25) is 4.79 Å². The van der Waals surface area contributed by atoms with Crippen molar-refractivity contribution in [1.82, 2.24) is 9.72 Å². The minimum absolute atomic E-state index is 0.0478. The van der Waals surface area contributed by atoms with Crippen molar-refractivity contribution >= 4 is 11.8 Å². The molecule has 0 bridgehead atoms. The quantitative estimate of drug-likeness (QED) is 0.808. The smallest absolute Gasteiger partial charge is 0.352 e. The van der Waals surface area contributed by atoms with E-state index in [0.717, 1.165) is 0 Å². The van der Waals surface area contributed by atoms with Crippen LogP contribution in [0.2, 0.25) is 0 Å². The summed E-state index contributed by atoms with van der Waals surface area (Å²) in [7, 11) is 0. The number of nitrogens with zero attached hydrogens (tertiary/aromatic N) is 2. The Morgan fingerprint density at radius 3 is 2.82 bits per heavy atom. The standard InChI is InChI=1S/C11H10N2O4/c1-7(14)8-4-10(11(15)16)13(5-8)6-9-2-3-12-17-9/h2-5H,6H2,1H3,(H,15,16). The fourth-order valence-electron chi connectivity index (χ4n) is 1.50. The van der Waals surface area contributed by atoms with Crippen LogP contribution in [0.25, 0.3) is 0 Å². The summed E-state index contributed by atoms with van der Waals surface area (Å²) in [4.78, 5) is 22.2. The first-order valence-corrected chi connectivity index (χ1v) is 4.92. The summed E-state index contributed by atoms with van der Waals surface area (Å²) in [6.07, 6.45) is 2.97. The Hall–Kier alpha value is -2.37. The lowest BCUT2D eigenvalue weighted by atomic mass is 10.2. The molecule has 0 saturated carbocycles. The zero-order valence-electron chi connectivity index (χ0n) is 9.08. The maximum Gasteiger partial charge on any atom is 0.352 e. The van der Waals surface area contributed by atoms with Gasteiger partial charge in [0, 0.05) is 17.8 Å². The van der Waals surface area contributed by atoms with Gasteiger partial charge in [0.15, 0.2) is 11.5 Å². The molecule has 88 valence electrons. The van der Waals surface area contributed by atoms with E-state index >= 15 is 0 Å². The van der Waals surface area contributed by atoms with Crippen molar-refractivity contribution in [1.29, 1.82) is 0 Å². The Kier molecular flexibility index (Phi) is 2.78. The number of carbonyl (C=O) groups excluding carboxylic acids is 1. The second kappa shape index (κ2) is 4.25. The molecule has 2 heterocycles. The summed E-state index contributed by atoms with van der Waals surface area (Å²) in [6, 6.07) is 2.99. The molecule has 0 aliphatic rings. The van der Waals surface area contributed by atoms with Crippen molar-refractivity contribution in [2.45, 2.75) is 13.5 Å².